The molecule has 1 heterocycles. The standard InChI is InChI=1S/C6H6ClNO3/c7-3-6(11)8-4(9)1-2-5(8)10/h1-3H2. The second kappa shape index (κ2) is 3.00. The average molecular weight is 176 g/mol. The van der Waals surface area contributed by atoms with Crippen molar-refractivity contribution in [3.8, 4) is 0 Å². The summed E-state index contributed by atoms with van der Waals surface area (Å²) in [6.07, 6.45) is 0.253. The van der Waals surface area contributed by atoms with Gasteiger partial charge in [-0.1, -0.05) is 0 Å². The Balaban J connectivity index is 2.76. The fourth-order valence-corrected chi connectivity index (χ4v) is 1.03. The van der Waals surface area contributed by atoms with Crippen LogP contribution >= 0.6 is 11.6 Å². The summed E-state index contributed by atoms with van der Waals surface area (Å²) in [5.74, 6) is -1.84. The zero-order chi connectivity index (χ0) is 8.43. The number of hydrogen-bond acceptors (Lipinski definition) is 3. The Labute approximate surface area is 68.1 Å². The molecule has 60 valence electrons. The number of carbonyl (C=O) groups excluding carboxylic acids is 3. The van der Waals surface area contributed by atoms with Crippen LogP contribution in [0, 0.1) is 0 Å². The summed E-state index contributed by atoms with van der Waals surface area (Å²) in [5.41, 5.74) is 0. The largest absolute Gasteiger partial charge is 0.274 e. The number of rotatable bonds is 1. The number of hydrogen-bond donors (Lipinski definition) is 0. The zero-order valence-corrected chi connectivity index (χ0v) is 6.43. The first kappa shape index (κ1) is 8.20. The van der Waals surface area contributed by atoms with Crippen LogP contribution in [0.5, 0.6) is 0 Å². The van der Waals surface area contributed by atoms with Crippen LogP contribution in [-0.4, -0.2) is 28.5 Å². The third-order valence-electron chi connectivity index (χ3n) is 1.42. The highest BCUT2D eigenvalue weighted by molar-refractivity contribution is 6.31. The molecule has 3 amide bonds. The van der Waals surface area contributed by atoms with Crippen LogP contribution in [0.15, 0.2) is 0 Å². The van der Waals surface area contributed by atoms with Crippen LogP contribution < -0.4 is 0 Å². The second-order valence-electron chi connectivity index (χ2n) is 2.15. The van der Waals surface area contributed by atoms with Crippen LogP contribution in [0.25, 0.3) is 0 Å². The van der Waals surface area contributed by atoms with Gasteiger partial charge >= 0.3 is 0 Å². The Morgan fingerprint density at radius 1 is 1.36 bits per heavy atom. The Bertz CT molecular complexity index is 210. The molecule has 0 spiro atoms. The van der Waals surface area contributed by atoms with Gasteiger partial charge in [0.15, 0.2) is 0 Å². The van der Waals surface area contributed by atoms with E-state index in [0.717, 1.165) is 0 Å². The van der Waals surface area contributed by atoms with Gasteiger partial charge in [-0.3, -0.25) is 14.4 Å². The molecule has 0 bridgehead atoms. The SMILES string of the molecule is O=C(CCl)N1C(=O)CCC1=O. The molecule has 1 saturated heterocycles. The molecule has 4 nitrogen and oxygen atoms in total. The molecule has 0 aromatic carbocycles. The summed E-state index contributed by atoms with van der Waals surface area (Å²) >= 11 is 5.17. The summed E-state index contributed by atoms with van der Waals surface area (Å²) in [5, 5.41) is 0. The van der Waals surface area contributed by atoms with E-state index >= 15 is 0 Å². The number of amides is 3. The van der Waals surface area contributed by atoms with E-state index < -0.39 is 17.7 Å². The molecule has 1 fully saturated rings. The predicted octanol–water partition coefficient (Wildman–Crippen LogP) is -0.0992. The highest BCUT2D eigenvalue weighted by Gasteiger charge is 2.33. The first-order valence-corrected chi connectivity index (χ1v) is 3.65. The van der Waals surface area contributed by atoms with Crippen molar-refractivity contribution in [2.45, 2.75) is 12.8 Å². The van der Waals surface area contributed by atoms with Crippen molar-refractivity contribution in [1.82, 2.24) is 4.90 Å². The maximum Gasteiger partial charge on any atom is 0.250 e. The lowest BCUT2D eigenvalue weighted by atomic mass is 10.4. The van der Waals surface area contributed by atoms with Crippen LogP contribution in [0.3, 0.4) is 0 Å². The summed E-state index contributed by atoms with van der Waals surface area (Å²) in [7, 11) is 0. The second-order valence-corrected chi connectivity index (χ2v) is 2.42. The monoisotopic (exact) mass is 175 g/mol. The summed E-state index contributed by atoms with van der Waals surface area (Å²) in [6.45, 7) is 0. The number of likely N-dealkylation sites (tertiary alicyclic amines) is 1. The maximum atomic E-state index is 10.8. The van der Waals surface area contributed by atoms with Gasteiger partial charge < -0.3 is 0 Å². The number of alkyl halides is 1. The van der Waals surface area contributed by atoms with E-state index in [2.05, 4.69) is 0 Å². The lowest BCUT2D eigenvalue weighted by Crippen LogP contribution is -2.36. The molecule has 1 aliphatic rings. The van der Waals surface area contributed by atoms with E-state index in [1.807, 2.05) is 0 Å². The normalized spacial score (nSPS) is 17.7. The summed E-state index contributed by atoms with van der Waals surface area (Å²) in [4.78, 5) is 33.0. The lowest BCUT2D eigenvalue weighted by Gasteiger charge is -2.07. The molecule has 1 aliphatic heterocycles. The van der Waals surface area contributed by atoms with Gasteiger partial charge in [-0.2, -0.15) is 0 Å². The number of imide groups is 3. The maximum absolute atomic E-state index is 10.8. The van der Waals surface area contributed by atoms with E-state index in [4.69, 9.17) is 11.6 Å². The highest BCUT2D eigenvalue weighted by Crippen LogP contribution is 2.11. The Hall–Kier alpha value is -0.900. The minimum atomic E-state index is -0.626. The third-order valence-corrected chi connectivity index (χ3v) is 1.64. The van der Waals surface area contributed by atoms with Gasteiger partial charge in [0, 0.05) is 12.8 Å². The van der Waals surface area contributed by atoms with Crippen molar-refractivity contribution in [1.29, 1.82) is 0 Å². The number of carbonyl (C=O) groups is 3. The van der Waals surface area contributed by atoms with E-state index in [9.17, 15) is 14.4 Å². The third kappa shape index (κ3) is 1.40. The van der Waals surface area contributed by atoms with E-state index in [1.54, 1.807) is 0 Å². The van der Waals surface area contributed by atoms with Crippen LogP contribution in [-0.2, 0) is 14.4 Å². The molecule has 11 heavy (non-hydrogen) atoms. The zero-order valence-electron chi connectivity index (χ0n) is 5.67. The van der Waals surface area contributed by atoms with E-state index in [-0.39, 0.29) is 18.7 Å². The lowest BCUT2D eigenvalue weighted by molar-refractivity contribution is -0.148. The molecule has 0 unspecified atom stereocenters. The van der Waals surface area contributed by atoms with Crippen molar-refractivity contribution < 1.29 is 14.4 Å². The number of halogens is 1. The molecule has 0 atom stereocenters. The molecular weight excluding hydrogens is 170 g/mol. The molecule has 0 N–H and O–H groups in total. The Morgan fingerprint density at radius 2 is 1.82 bits per heavy atom. The van der Waals surface area contributed by atoms with Gasteiger partial charge in [0.05, 0.1) is 0 Å². The molecule has 0 aromatic heterocycles. The summed E-state index contributed by atoms with van der Waals surface area (Å²) in [6, 6.07) is 0. The fourth-order valence-electron chi connectivity index (χ4n) is 0.914. The number of nitrogens with zero attached hydrogens (tertiary/aromatic N) is 1. The first-order valence-electron chi connectivity index (χ1n) is 3.11. The molecule has 0 aliphatic carbocycles. The Morgan fingerprint density at radius 3 is 2.18 bits per heavy atom. The van der Waals surface area contributed by atoms with Crippen molar-refractivity contribution in [3.05, 3.63) is 0 Å². The predicted molar refractivity (Wildman–Crippen MR) is 36.8 cm³/mol. The van der Waals surface area contributed by atoms with Crippen molar-refractivity contribution in [2.24, 2.45) is 0 Å². The quantitative estimate of drug-likeness (QED) is 0.413. The van der Waals surface area contributed by atoms with Crippen molar-refractivity contribution in [2.75, 3.05) is 5.88 Å². The van der Waals surface area contributed by atoms with Gasteiger partial charge in [0.2, 0.25) is 11.8 Å². The molecule has 0 saturated carbocycles. The van der Waals surface area contributed by atoms with Gasteiger partial charge in [0.25, 0.3) is 5.91 Å². The van der Waals surface area contributed by atoms with Crippen LogP contribution in [0.1, 0.15) is 12.8 Å². The minimum Gasteiger partial charge on any atom is -0.274 e. The van der Waals surface area contributed by atoms with E-state index in [1.165, 1.54) is 0 Å². The molecule has 5 heteroatoms. The van der Waals surface area contributed by atoms with Crippen LogP contribution in [0.2, 0.25) is 0 Å². The Kier molecular flexibility index (Phi) is 2.24. The van der Waals surface area contributed by atoms with Crippen molar-refractivity contribution >= 4 is 29.3 Å². The van der Waals surface area contributed by atoms with Gasteiger partial charge in [-0.25, -0.2) is 4.90 Å². The van der Waals surface area contributed by atoms with Crippen molar-refractivity contribution in [3.63, 3.8) is 0 Å². The van der Waals surface area contributed by atoms with Gasteiger partial charge in [-0.05, 0) is 0 Å². The smallest absolute Gasteiger partial charge is 0.250 e. The molecule has 1 rings (SSSR count). The van der Waals surface area contributed by atoms with Gasteiger partial charge in [-0.15, -0.1) is 11.6 Å². The molecule has 0 aromatic rings. The average Bonchev–Trinajstić information content (AvgIpc) is 2.30. The molecular formula is C6H6ClNO3. The summed E-state index contributed by atoms with van der Waals surface area (Å²) < 4.78 is 0. The minimum absolute atomic E-state index is 0.126. The topological polar surface area (TPSA) is 54.5 Å². The molecule has 0 radical (unpaired) electrons. The highest BCUT2D eigenvalue weighted by atomic mass is 35.5. The fraction of sp³-hybridized carbons (Fsp3) is 0.500. The van der Waals surface area contributed by atoms with Crippen LogP contribution in [0.4, 0.5) is 0 Å². The first-order chi connectivity index (χ1) is 5.16. The van der Waals surface area contributed by atoms with Gasteiger partial charge in [0.1, 0.15) is 5.88 Å². The van der Waals surface area contributed by atoms with E-state index in [0.29, 0.717) is 4.90 Å².